The number of ether oxygens (including phenoxy) is 3. The van der Waals surface area contributed by atoms with Crippen molar-refractivity contribution in [2.75, 3.05) is 51.8 Å². The normalized spacial score (nSPS) is 25.4. The molecule has 0 saturated carbocycles. The molecule has 34 heavy (non-hydrogen) atoms. The van der Waals surface area contributed by atoms with Crippen molar-refractivity contribution in [3.05, 3.63) is 17.7 Å². The summed E-state index contributed by atoms with van der Waals surface area (Å²) >= 11 is 0. The molecule has 1 aromatic rings. The third-order valence-electron chi connectivity index (χ3n) is 6.66. The fourth-order valence-electron chi connectivity index (χ4n) is 4.65. The second kappa shape index (κ2) is 11.0. The summed E-state index contributed by atoms with van der Waals surface area (Å²) in [5, 5.41) is 5.67. The van der Waals surface area contributed by atoms with E-state index in [0.29, 0.717) is 30.2 Å². The third-order valence-corrected chi connectivity index (χ3v) is 6.66. The molecular formula is C23H34F2N6O3. The largest absolute Gasteiger partial charge is 0.481 e. The molecule has 0 radical (unpaired) electrons. The quantitative estimate of drug-likeness (QED) is 0.458. The number of piperidine rings is 2. The summed E-state index contributed by atoms with van der Waals surface area (Å²) in [4.78, 5) is 15.2. The third kappa shape index (κ3) is 5.88. The highest BCUT2D eigenvalue weighted by Gasteiger charge is 2.43. The number of rotatable bonds is 7. The van der Waals surface area contributed by atoms with E-state index in [1.165, 1.54) is 0 Å². The number of anilines is 1. The average Bonchev–Trinajstić information content (AvgIpc) is 2.79. The lowest BCUT2D eigenvalue weighted by Crippen LogP contribution is -2.51. The molecule has 0 aromatic carbocycles. The minimum atomic E-state index is -2.94. The number of methoxy groups -OCH3 is 1. The summed E-state index contributed by atoms with van der Waals surface area (Å²) in [6, 6.07) is 4.41. The van der Waals surface area contributed by atoms with E-state index < -0.39 is 24.8 Å². The van der Waals surface area contributed by atoms with Crippen LogP contribution < -0.4 is 15.4 Å². The smallest absolute Gasteiger partial charge is 0.285 e. The lowest BCUT2D eigenvalue weighted by Gasteiger charge is -2.41. The van der Waals surface area contributed by atoms with Crippen LogP contribution in [0.3, 0.4) is 0 Å². The molecule has 1 aromatic heterocycles. The summed E-state index contributed by atoms with van der Waals surface area (Å²) in [6.45, 7) is 8.94. The molecule has 2 atom stereocenters. The molecule has 0 bridgehead atoms. The van der Waals surface area contributed by atoms with Crippen LogP contribution in [0, 0.1) is 0 Å². The van der Waals surface area contributed by atoms with Gasteiger partial charge in [-0.15, -0.1) is 0 Å². The van der Waals surface area contributed by atoms with Gasteiger partial charge < -0.3 is 24.8 Å². The number of guanidine groups is 1. The highest BCUT2D eigenvalue weighted by Crippen LogP contribution is 2.35. The first-order valence-electron chi connectivity index (χ1n) is 11.8. The van der Waals surface area contributed by atoms with Crippen LogP contribution in [0.15, 0.2) is 22.1 Å². The van der Waals surface area contributed by atoms with Gasteiger partial charge in [-0.25, -0.2) is 18.8 Å². The van der Waals surface area contributed by atoms with Gasteiger partial charge in [-0.2, -0.15) is 4.98 Å². The first kappa shape index (κ1) is 24.9. The van der Waals surface area contributed by atoms with E-state index in [1.54, 1.807) is 14.0 Å². The summed E-state index contributed by atoms with van der Waals surface area (Å²) in [5.74, 6) is -1.39. The summed E-state index contributed by atoms with van der Waals surface area (Å²) in [7, 11) is 1.60. The Morgan fingerprint density at radius 1 is 1.32 bits per heavy atom. The Morgan fingerprint density at radius 3 is 2.71 bits per heavy atom. The lowest BCUT2D eigenvalue weighted by atomic mass is 9.89. The number of halogens is 2. The Labute approximate surface area is 199 Å². The van der Waals surface area contributed by atoms with Gasteiger partial charge in [-0.05, 0) is 70.6 Å². The second-order valence-electron chi connectivity index (χ2n) is 8.98. The number of nitrogens with zero attached hydrogens (tertiary/aromatic N) is 4. The van der Waals surface area contributed by atoms with Crippen molar-refractivity contribution in [1.82, 2.24) is 15.2 Å². The zero-order valence-corrected chi connectivity index (χ0v) is 19.8. The van der Waals surface area contributed by atoms with Crippen molar-refractivity contribution >= 4 is 18.5 Å². The topological polar surface area (TPSA) is 92.6 Å². The molecule has 3 aliphatic heterocycles. The molecule has 9 nitrogen and oxygen atoms in total. The molecule has 0 amide bonds. The number of hydrogen-bond acceptors (Lipinski definition) is 7. The molecule has 4 heterocycles. The van der Waals surface area contributed by atoms with Crippen molar-refractivity contribution in [3.63, 3.8) is 0 Å². The second-order valence-corrected chi connectivity index (χ2v) is 8.98. The zero-order valence-electron chi connectivity index (χ0n) is 19.8. The fourth-order valence-corrected chi connectivity index (χ4v) is 4.65. The Bertz CT molecular complexity index is 874. The maximum Gasteiger partial charge on any atom is 0.285 e. The predicted molar refractivity (Wildman–Crippen MR) is 126 cm³/mol. The summed E-state index contributed by atoms with van der Waals surface area (Å²) in [6.07, 6.45) is 0.273. The van der Waals surface area contributed by atoms with E-state index in [4.69, 9.17) is 14.2 Å². The lowest BCUT2D eigenvalue weighted by molar-refractivity contribution is -0.164. The number of hydrogen-bond donors (Lipinski definition) is 2. The number of aromatic nitrogens is 1. The highest BCUT2D eigenvalue weighted by atomic mass is 19.3. The van der Waals surface area contributed by atoms with Gasteiger partial charge in [0.15, 0.2) is 0 Å². The van der Waals surface area contributed by atoms with Crippen LogP contribution in [0.1, 0.15) is 37.7 Å². The summed E-state index contributed by atoms with van der Waals surface area (Å²) in [5.41, 5.74) is 1.08. The maximum atomic E-state index is 14.0. The molecule has 3 fully saturated rings. The molecule has 4 rings (SSSR count). The average molecular weight is 481 g/mol. The number of aliphatic imine (C=N–C) groups is 2. The SMILES string of the molecule is C=NC(=NC(C)OC1CCNCC1(F)F)Nc1ccc(C2CCN(C3COC3)CC2)c(OC)n1. The number of alkyl halides is 2. The molecule has 2 N–H and O–H groups in total. The molecular weight excluding hydrogens is 446 g/mol. The van der Waals surface area contributed by atoms with Crippen molar-refractivity contribution in [2.45, 2.75) is 56.4 Å². The molecule has 11 heteroatoms. The van der Waals surface area contributed by atoms with E-state index in [1.807, 2.05) is 12.1 Å². The first-order chi connectivity index (χ1) is 16.4. The molecule has 0 spiro atoms. The van der Waals surface area contributed by atoms with Crippen LogP contribution in [-0.2, 0) is 9.47 Å². The predicted octanol–water partition coefficient (Wildman–Crippen LogP) is 2.50. The van der Waals surface area contributed by atoms with E-state index in [-0.39, 0.29) is 12.4 Å². The number of likely N-dealkylation sites (tertiary alicyclic amines) is 1. The van der Waals surface area contributed by atoms with Crippen LogP contribution in [0.25, 0.3) is 0 Å². The van der Waals surface area contributed by atoms with Crippen LogP contribution in [0.2, 0.25) is 0 Å². The maximum absolute atomic E-state index is 14.0. The monoisotopic (exact) mass is 480 g/mol. The first-order valence-corrected chi connectivity index (χ1v) is 11.8. The van der Waals surface area contributed by atoms with E-state index in [2.05, 4.69) is 37.2 Å². The van der Waals surface area contributed by atoms with Gasteiger partial charge in [-0.1, -0.05) is 0 Å². The Hall–Kier alpha value is -2.21. The van der Waals surface area contributed by atoms with Gasteiger partial charge in [-0.3, -0.25) is 4.90 Å². The molecule has 3 aliphatic rings. The van der Waals surface area contributed by atoms with E-state index in [9.17, 15) is 8.78 Å². The molecule has 188 valence electrons. The van der Waals surface area contributed by atoms with Crippen LogP contribution in [0.5, 0.6) is 5.88 Å². The van der Waals surface area contributed by atoms with Gasteiger partial charge in [0.1, 0.15) is 18.1 Å². The van der Waals surface area contributed by atoms with Gasteiger partial charge in [0.05, 0.1) is 32.9 Å². The zero-order chi connectivity index (χ0) is 24.1. The summed E-state index contributed by atoms with van der Waals surface area (Å²) < 4.78 is 44.5. The minimum absolute atomic E-state index is 0.142. The Balaban J connectivity index is 1.37. The van der Waals surface area contributed by atoms with Crippen LogP contribution in [0.4, 0.5) is 14.6 Å². The highest BCUT2D eigenvalue weighted by molar-refractivity contribution is 5.95. The van der Waals surface area contributed by atoms with Crippen molar-refractivity contribution in [1.29, 1.82) is 0 Å². The van der Waals surface area contributed by atoms with Gasteiger partial charge in [0.2, 0.25) is 11.8 Å². The van der Waals surface area contributed by atoms with Crippen LogP contribution in [-0.4, -0.2) is 93.4 Å². The van der Waals surface area contributed by atoms with Crippen molar-refractivity contribution in [2.24, 2.45) is 9.98 Å². The van der Waals surface area contributed by atoms with E-state index >= 15 is 0 Å². The minimum Gasteiger partial charge on any atom is -0.481 e. The Morgan fingerprint density at radius 2 is 2.09 bits per heavy atom. The van der Waals surface area contributed by atoms with Gasteiger partial charge in [0.25, 0.3) is 5.92 Å². The van der Waals surface area contributed by atoms with Gasteiger partial charge >= 0.3 is 0 Å². The van der Waals surface area contributed by atoms with Gasteiger partial charge in [0, 0.05) is 5.56 Å². The number of nitrogens with one attached hydrogen (secondary N) is 2. The van der Waals surface area contributed by atoms with Crippen molar-refractivity contribution < 1.29 is 23.0 Å². The molecule has 3 saturated heterocycles. The van der Waals surface area contributed by atoms with Crippen molar-refractivity contribution in [3.8, 4) is 5.88 Å². The standard InChI is InChI=1S/C23H34F2N6O3/c1-15(34-19-6-9-27-14-23(19,24)25)28-22(26-2)30-20-5-4-18(21(29-20)32-3)16-7-10-31(11-8-16)17-12-33-13-17/h4-5,15-17,19,27H,2,6-14H2,1,3H3,(H,28,29,30). The fraction of sp³-hybridized carbons (Fsp3) is 0.696. The molecule has 2 unspecified atom stereocenters. The number of pyridine rings is 1. The van der Waals surface area contributed by atoms with E-state index in [0.717, 1.165) is 44.7 Å². The molecule has 0 aliphatic carbocycles. The Kier molecular flexibility index (Phi) is 8.07. The van der Waals surface area contributed by atoms with Crippen LogP contribution >= 0.6 is 0 Å².